The van der Waals surface area contributed by atoms with Gasteiger partial charge in [-0.1, -0.05) is 13.8 Å². The third-order valence-corrected chi connectivity index (χ3v) is 6.20. The van der Waals surface area contributed by atoms with E-state index in [1.807, 2.05) is 13.8 Å². The second-order valence-corrected chi connectivity index (χ2v) is 7.80. The molecule has 0 radical (unpaired) electrons. The SMILES string of the molecule is CC(C)CS(=O)(=O)N1C2CCC1c1cncnc1C2. The van der Waals surface area contributed by atoms with Gasteiger partial charge in [0.2, 0.25) is 10.0 Å². The van der Waals surface area contributed by atoms with Crippen LogP contribution in [0.1, 0.15) is 44.0 Å². The van der Waals surface area contributed by atoms with E-state index >= 15 is 0 Å². The predicted octanol–water partition coefficient (Wildman–Crippen LogP) is 1.52. The highest BCUT2D eigenvalue weighted by atomic mass is 32.2. The summed E-state index contributed by atoms with van der Waals surface area (Å²) in [6.45, 7) is 3.89. The Morgan fingerprint density at radius 1 is 1.42 bits per heavy atom. The van der Waals surface area contributed by atoms with Crippen molar-refractivity contribution in [2.24, 2.45) is 5.92 Å². The van der Waals surface area contributed by atoms with Crippen molar-refractivity contribution in [2.45, 2.75) is 45.2 Å². The summed E-state index contributed by atoms with van der Waals surface area (Å²) in [5, 5.41) is 0. The molecule has 19 heavy (non-hydrogen) atoms. The minimum absolute atomic E-state index is 0.0429. The van der Waals surface area contributed by atoms with Gasteiger partial charge in [-0.15, -0.1) is 0 Å². The van der Waals surface area contributed by atoms with Gasteiger partial charge < -0.3 is 0 Å². The molecular weight excluding hydrogens is 262 g/mol. The Labute approximate surface area is 114 Å². The van der Waals surface area contributed by atoms with Crippen molar-refractivity contribution in [1.82, 2.24) is 14.3 Å². The fraction of sp³-hybridized carbons (Fsp3) is 0.692. The van der Waals surface area contributed by atoms with Gasteiger partial charge in [0.05, 0.1) is 17.5 Å². The van der Waals surface area contributed by atoms with Gasteiger partial charge in [-0.3, -0.25) is 0 Å². The molecule has 2 aliphatic rings. The van der Waals surface area contributed by atoms with Crippen LogP contribution in [0.3, 0.4) is 0 Å². The first kappa shape index (κ1) is 13.0. The van der Waals surface area contributed by atoms with Gasteiger partial charge in [-0.2, -0.15) is 4.31 Å². The third kappa shape index (κ3) is 2.17. The van der Waals surface area contributed by atoms with E-state index in [9.17, 15) is 8.42 Å². The zero-order valence-electron chi connectivity index (χ0n) is 11.3. The fourth-order valence-electron chi connectivity index (χ4n) is 3.31. The second kappa shape index (κ2) is 4.52. The topological polar surface area (TPSA) is 63.2 Å². The number of fused-ring (bicyclic) bond motifs is 4. The Balaban J connectivity index is 1.99. The van der Waals surface area contributed by atoms with Crippen LogP contribution < -0.4 is 0 Å². The molecular formula is C13H19N3O2S. The van der Waals surface area contributed by atoms with Crippen molar-refractivity contribution in [3.05, 3.63) is 23.8 Å². The minimum atomic E-state index is -3.18. The lowest BCUT2D eigenvalue weighted by Crippen LogP contribution is -2.44. The van der Waals surface area contributed by atoms with E-state index in [1.54, 1.807) is 16.8 Å². The quantitative estimate of drug-likeness (QED) is 0.843. The van der Waals surface area contributed by atoms with E-state index < -0.39 is 10.0 Å². The van der Waals surface area contributed by atoms with Crippen molar-refractivity contribution >= 4 is 10.0 Å². The van der Waals surface area contributed by atoms with Crippen LogP contribution in [0, 0.1) is 5.92 Å². The maximum absolute atomic E-state index is 12.6. The van der Waals surface area contributed by atoms with Gasteiger partial charge in [0.25, 0.3) is 0 Å². The molecule has 5 nitrogen and oxygen atoms in total. The standard InChI is InChI=1S/C13H19N3O2S/c1-9(2)7-19(17,18)16-10-3-4-13(16)11-6-14-8-15-12(11)5-10/h6,8-10,13H,3-5,7H2,1-2H3. The van der Waals surface area contributed by atoms with Crippen LogP contribution in [0.2, 0.25) is 0 Å². The molecule has 104 valence electrons. The Bertz CT molecular complexity index is 585. The number of hydrogen-bond donors (Lipinski definition) is 0. The monoisotopic (exact) mass is 281 g/mol. The van der Waals surface area contributed by atoms with Gasteiger partial charge in [0.1, 0.15) is 6.33 Å². The first-order chi connectivity index (χ1) is 8.99. The lowest BCUT2D eigenvalue weighted by atomic mass is 10.0. The average Bonchev–Trinajstić information content (AvgIpc) is 2.65. The van der Waals surface area contributed by atoms with Crippen LogP contribution in [0.15, 0.2) is 12.5 Å². The van der Waals surface area contributed by atoms with Crippen LogP contribution in [-0.4, -0.2) is 34.5 Å². The van der Waals surface area contributed by atoms with Gasteiger partial charge in [0.15, 0.2) is 0 Å². The first-order valence-corrected chi connectivity index (χ1v) is 8.40. The molecule has 0 amide bonds. The molecule has 1 fully saturated rings. The van der Waals surface area contributed by atoms with Gasteiger partial charge >= 0.3 is 0 Å². The summed E-state index contributed by atoms with van der Waals surface area (Å²) in [7, 11) is -3.18. The average molecular weight is 281 g/mol. The van der Waals surface area contributed by atoms with E-state index in [0.29, 0.717) is 0 Å². The van der Waals surface area contributed by atoms with Crippen molar-refractivity contribution < 1.29 is 8.42 Å². The summed E-state index contributed by atoms with van der Waals surface area (Å²) in [5.74, 6) is 0.376. The minimum Gasteiger partial charge on any atom is -0.244 e. The molecule has 2 bridgehead atoms. The maximum atomic E-state index is 12.6. The summed E-state index contributed by atoms with van der Waals surface area (Å²) >= 11 is 0. The van der Waals surface area contributed by atoms with Crippen molar-refractivity contribution in [1.29, 1.82) is 0 Å². The lowest BCUT2D eigenvalue weighted by molar-refractivity contribution is 0.298. The summed E-state index contributed by atoms with van der Waals surface area (Å²) < 4.78 is 26.8. The molecule has 0 aliphatic carbocycles. The van der Waals surface area contributed by atoms with Gasteiger partial charge in [-0.05, 0) is 18.8 Å². The van der Waals surface area contributed by atoms with Crippen LogP contribution in [0.5, 0.6) is 0 Å². The second-order valence-electron chi connectivity index (χ2n) is 5.88. The van der Waals surface area contributed by atoms with Crippen LogP contribution >= 0.6 is 0 Å². The molecule has 3 rings (SSSR count). The molecule has 1 aromatic heterocycles. The molecule has 2 aliphatic heterocycles. The molecule has 0 spiro atoms. The first-order valence-electron chi connectivity index (χ1n) is 6.79. The van der Waals surface area contributed by atoms with E-state index in [2.05, 4.69) is 9.97 Å². The zero-order valence-corrected chi connectivity index (χ0v) is 12.1. The maximum Gasteiger partial charge on any atom is 0.215 e. The van der Waals surface area contributed by atoms with Crippen LogP contribution in [-0.2, 0) is 16.4 Å². The normalized spacial score (nSPS) is 26.7. The fourth-order valence-corrected chi connectivity index (χ4v) is 5.57. The largest absolute Gasteiger partial charge is 0.244 e. The van der Waals surface area contributed by atoms with Crippen LogP contribution in [0.4, 0.5) is 0 Å². The summed E-state index contributed by atoms with van der Waals surface area (Å²) in [4.78, 5) is 8.36. The van der Waals surface area contributed by atoms with Gasteiger partial charge in [-0.25, -0.2) is 18.4 Å². The molecule has 6 heteroatoms. The number of sulfonamides is 1. The van der Waals surface area contributed by atoms with Crippen molar-refractivity contribution in [2.75, 3.05) is 5.75 Å². The van der Waals surface area contributed by atoms with Crippen LogP contribution in [0.25, 0.3) is 0 Å². The van der Waals surface area contributed by atoms with E-state index in [1.165, 1.54) is 0 Å². The Morgan fingerprint density at radius 2 is 2.21 bits per heavy atom. The Kier molecular flexibility index (Phi) is 3.09. The molecule has 1 aromatic rings. The zero-order chi connectivity index (χ0) is 13.6. The van der Waals surface area contributed by atoms with E-state index in [4.69, 9.17) is 0 Å². The Morgan fingerprint density at radius 3 is 2.95 bits per heavy atom. The number of hydrogen-bond acceptors (Lipinski definition) is 4. The smallest absolute Gasteiger partial charge is 0.215 e. The third-order valence-electron chi connectivity index (χ3n) is 3.92. The van der Waals surface area contributed by atoms with Crippen molar-refractivity contribution in [3.63, 3.8) is 0 Å². The summed E-state index contributed by atoms with van der Waals surface area (Å²) in [5.41, 5.74) is 2.03. The molecule has 0 saturated carbocycles. The molecule has 2 unspecified atom stereocenters. The molecule has 1 saturated heterocycles. The molecule has 3 heterocycles. The Hall–Kier alpha value is -1.01. The highest BCUT2D eigenvalue weighted by molar-refractivity contribution is 7.89. The van der Waals surface area contributed by atoms with E-state index in [-0.39, 0.29) is 23.8 Å². The number of aromatic nitrogens is 2. The number of nitrogens with zero attached hydrogens (tertiary/aromatic N) is 3. The molecule has 0 aromatic carbocycles. The van der Waals surface area contributed by atoms with E-state index in [0.717, 1.165) is 30.5 Å². The highest BCUT2D eigenvalue weighted by Gasteiger charge is 2.46. The summed E-state index contributed by atoms with van der Waals surface area (Å²) in [6.07, 6.45) is 5.88. The van der Waals surface area contributed by atoms with Crippen molar-refractivity contribution in [3.8, 4) is 0 Å². The highest BCUT2D eigenvalue weighted by Crippen LogP contribution is 2.44. The molecule has 2 atom stereocenters. The lowest BCUT2D eigenvalue weighted by Gasteiger charge is -2.34. The summed E-state index contributed by atoms with van der Waals surface area (Å²) in [6, 6.07) is 0.0508. The molecule has 0 N–H and O–H groups in total. The predicted molar refractivity (Wildman–Crippen MR) is 72.0 cm³/mol. The van der Waals surface area contributed by atoms with Gasteiger partial charge in [0, 0.05) is 24.2 Å². The number of rotatable bonds is 3.